The Labute approximate surface area is 201 Å². The number of benzene rings is 1. The Morgan fingerprint density at radius 1 is 1.30 bits per heavy atom. The quantitative estimate of drug-likeness (QED) is 0.376. The molecule has 33 heavy (non-hydrogen) atoms. The largest absolute Gasteiger partial charge is 0.338 e. The normalized spacial score (nSPS) is 17.5. The van der Waals surface area contributed by atoms with E-state index in [1.165, 1.54) is 23.1 Å². The Morgan fingerprint density at radius 2 is 2.06 bits per heavy atom. The van der Waals surface area contributed by atoms with Gasteiger partial charge in [-0.1, -0.05) is 23.9 Å². The molecular weight excluding hydrogens is 478 g/mol. The van der Waals surface area contributed by atoms with Gasteiger partial charge in [-0.3, -0.25) is 14.2 Å². The van der Waals surface area contributed by atoms with Crippen LogP contribution in [0.1, 0.15) is 29.3 Å². The van der Waals surface area contributed by atoms with E-state index in [0.29, 0.717) is 34.0 Å². The molecule has 1 aromatic carbocycles. The predicted molar refractivity (Wildman–Crippen MR) is 135 cm³/mol. The first kappa shape index (κ1) is 24.0. The van der Waals surface area contributed by atoms with Crippen molar-refractivity contribution in [3.05, 3.63) is 50.6 Å². The zero-order valence-corrected chi connectivity index (χ0v) is 21.6. The van der Waals surface area contributed by atoms with Crippen LogP contribution in [-0.2, 0) is 14.6 Å². The molecule has 3 aromatic rings. The van der Waals surface area contributed by atoms with E-state index in [1.807, 2.05) is 52.0 Å². The summed E-state index contributed by atoms with van der Waals surface area (Å²) in [6.45, 7) is 8.18. The van der Waals surface area contributed by atoms with Gasteiger partial charge >= 0.3 is 0 Å². The van der Waals surface area contributed by atoms with E-state index >= 15 is 0 Å². The molecule has 10 heteroatoms. The first-order valence-electron chi connectivity index (χ1n) is 10.8. The zero-order chi connectivity index (χ0) is 23.9. The number of fused-ring (bicyclic) bond motifs is 1. The summed E-state index contributed by atoms with van der Waals surface area (Å²) in [7, 11) is -3.09. The number of carbonyl (C=O) groups excluding carboxylic acids is 1. The Balaban J connectivity index is 1.70. The molecule has 0 spiro atoms. The molecule has 0 radical (unpaired) electrons. The lowest BCUT2D eigenvalue weighted by atomic mass is 10.2. The summed E-state index contributed by atoms with van der Waals surface area (Å²) in [5.74, 6) is 0.0746. The standard InChI is InChI=1S/C23H27N3O4S3/c1-5-25(18-9-10-33(29,30)13-18)19(27)12-31-23-24-21-20(15(3)16(4)32-21)22(28)26(23)17-8-6-7-14(2)11-17/h6-8,11,18H,5,9-10,12-13H2,1-4H3/t18-/m0/s1. The maximum absolute atomic E-state index is 13.6. The molecule has 0 N–H and O–H groups in total. The zero-order valence-electron chi connectivity index (χ0n) is 19.1. The molecule has 1 aliphatic rings. The van der Waals surface area contributed by atoms with Crippen molar-refractivity contribution in [3.63, 3.8) is 0 Å². The molecule has 7 nitrogen and oxygen atoms in total. The number of thiophene rings is 1. The number of aromatic nitrogens is 2. The second-order valence-electron chi connectivity index (χ2n) is 8.36. The SMILES string of the molecule is CCN(C(=O)CSc1nc2sc(C)c(C)c2c(=O)n1-c1cccc(C)c1)[C@H]1CCS(=O)(=O)C1. The number of nitrogens with zero attached hydrogens (tertiary/aromatic N) is 3. The van der Waals surface area contributed by atoms with Gasteiger partial charge < -0.3 is 4.90 Å². The molecule has 1 fully saturated rings. The van der Waals surface area contributed by atoms with Crippen molar-refractivity contribution in [3.8, 4) is 5.69 Å². The highest BCUT2D eigenvalue weighted by atomic mass is 32.2. The molecule has 0 saturated carbocycles. The third kappa shape index (κ3) is 4.74. The smallest absolute Gasteiger partial charge is 0.267 e. The second kappa shape index (κ2) is 9.23. The van der Waals surface area contributed by atoms with Crippen molar-refractivity contribution in [1.82, 2.24) is 14.5 Å². The fourth-order valence-corrected chi connectivity index (χ4v) is 7.94. The van der Waals surface area contributed by atoms with Crippen molar-refractivity contribution >= 4 is 49.1 Å². The van der Waals surface area contributed by atoms with Crippen LogP contribution < -0.4 is 5.56 Å². The first-order chi connectivity index (χ1) is 15.6. The lowest BCUT2D eigenvalue weighted by molar-refractivity contribution is -0.129. The molecule has 176 valence electrons. The van der Waals surface area contributed by atoms with Crippen LogP contribution in [-0.4, -0.2) is 58.6 Å². The molecule has 3 heterocycles. The summed E-state index contributed by atoms with van der Waals surface area (Å²) in [6.07, 6.45) is 0.471. The van der Waals surface area contributed by atoms with Crippen LogP contribution in [0.5, 0.6) is 0 Å². The van der Waals surface area contributed by atoms with Crippen molar-refractivity contribution in [2.75, 3.05) is 23.8 Å². The van der Waals surface area contributed by atoms with Crippen molar-refractivity contribution in [2.24, 2.45) is 0 Å². The van der Waals surface area contributed by atoms with Crippen molar-refractivity contribution in [2.45, 2.75) is 45.3 Å². The summed E-state index contributed by atoms with van der Waals surface area (Å²) in [5, 5.41) is 1.07. The molecule has 1 saturated heterocycles. The van der Waals surface area contributed by atoms with Crippen LogP contribution in [0, 0.1) is 20.8 Å². The topological polar surface area (TPSA) is 89.3 Å². The molecular formula is C23H27N3O4S3. The lowest BCUT2D eigenvalue weighted by Crippen LogP contribution is -2.42. The van der Waals surface area contributed by atoms with Gasteiger partial charge in [0.25, 0.3) is 5.56 Å². The van der Waals surface area contributed by atoms with E-state index in [-0.39, 0.29) is 34.8 Å². The van der Waals surface area contributed by atoms with E-state index in [2.05, 4.69) is 0 Å². The Kier molecular flexibility index (Phi) is 6.70. The molecule has 1 amide bonds. The van der Waals surface area contributed by atoms with Crippen LogP contribution in [0.3, 0.4) is 0 Å². The van der Waals surface area contributed by atoms with Gasteiger partial charge in [0.15, 0.2) is 15.0 Å². The predicted octanol–water partition coefficient (Wildman–Crippen LogP) is 3.50. The Morgan fingerprint density at radius 3 is 2.70 bits per heavy atom. The molecule has 4 rings (SSSR count). The van der Waals surface area contributed by atoms with E-state index in [1.54, 1.807) is 9.47 Å². The van der Waals surface area contributed by atoms with Gasteiger partial charge in [0, 0.05) is 17.5 Å². The van der Waals surface area contributed by atoms with E-state index < -0.39 is 9.84 Å². The average molecular weight is 506 g/mol. The van der Waals surface area contributed by atoms with E-state index in [0.717, 1.165) is 16.0 Å². The molecule has 2 aromatic heterocycles. The summed E-state index contributed by atoms with van der Waals surface area (Å²) < 4.78 is 25.4. The van der Waals surface area contributed by atoms with Crippen LogP contribution in [0.4, 0.5) is 0 Å². The van der Waals surface area contributed by atoms with Gasteiger partial charge in [-0.15, -0.1) is 11.3 Å². The number of aryl methyl sites for hydroxylation is 3. The molecule has 0 unspecified atom stereocenters. The highest BCUT2D eigenvalue weighted by molar-refractivity contribution is 7.99. The number of hydrogen-bond acceptors (Lipinski definition) is 7. The molecule has 0 aliphatic carbocycles. The number of hydrogen-bond donors (Lipinski definition) is 0. The minimum Gasteiger partial charge on any atom is -0.338 e. The molecule has 1 aliphatic heterocycles. The van der Waals surface area contributed by atoms with E-state index in [9.17, 15) is 18.0 Å². The summed E-state index contributed by atoms with van der Waals surface area (Å²) in [4.78, 5) is 34.8. The van der Waals surface area contributed by atoms with Gasteiger partial charge in [0.2, 0.25) is 5.91 Å². The highest BCUT2D eigenvalue weighted by Crippen LogP contribution is 2.30. The summed E-state index contributed by atoms with van der Waals surface area (Å²) in [6, 6.07) is 7.36. The third-order valence-corrected chi connectivity index (χ3v) is 9.84. The molecule has 1 atom stereocenters. The lowest BCUT2D eigenvalue weighted by Gasteiger charge is -2.26. The number of amides is 1. The summed E-state index contributed by atoms with van der Waals surface area (Å²) >= 11 is 2.70. The number of sulfone groups is 1. The number of rotatable bonds is 6. The van der Waals surface area contributed by atoms with Crippen LogP contribution in [0.2, 0.25) is 0 Å². The Hall–Kier alpha value is -2.17. The fourth-order valence-electron chi connectivity index (χ4n) is 4.24. The van der Waals surface area contributed by atoms with Gasteiger partial charge in [-0.25, -0.2) is 13.4 Å². The minimum absolute atomic E-state index is 0.0171. The fraction of sp³-hybridized carbons (Fsp3) is 0.435. The van der Waals surface area contributed by atoms with E-state index in [4.69, 9.17) is 4.98 Å². The van der Waals surface area contributed by atoms with Gasteiger partial charge in [0.1, 0.15) is 4.83 Å². The third-order valence-electron chi connectivity index (χ3n) is 6.07. The number of thioether (sulfide) groups is 1. The van der Waals surface area contributed by atoms with Crippen molar-refractivity contribution in [1.29, 1.82) is 0 Å². The second-order valence-corrected chi connectivity index (χ2v) is 12.7. The Bertz CT molecular complexity index is 1390. The van der Waals surface area contributed by atoms with Gasteiger partial charge in [0.05, 0.1) is 28.3 Å². The monoisotopic (exact) mass is 505 g/mol. The van der Waals surface area contributed by atoms with Gasteiger partial charge in [-0.2, -0.15) is 0 Å². The highest BCUT2D eigenvalue weighted by Gasteiger charge is 2.34. The van der Waals surface area contributed by atoms with Crippen LogP contribution in [0.15, 0.2) is 34.2 Å². The van der Waals surface area contributed by atoms with Crippen molar-refractivity contribution < 1.29 is 13.2 Å². The average Bonchev–Trinajstić information content (AvgIpc) is 3.25. The summed E-state index contributed by atoms with van der Waals surface area (Å²) in [5.41, 5.74) is 2.52. The maximum Gasteiger partial charge on any atom is 0.267 e. The van der Waals surface area contributed by atoms with Crippen LogP contribution in [0.25, 0.3) is 15.9 Å². The number of carbonyl (C=O) groups is 1. The first-order valence-corrected chi connectivity index (χ1v) is 14.5. The van der Waals surface area contributed by atoms with Gasteiger partial charge in [-0.05, 0) is 57.4 Å². The minimum atomic E-state index is -3.09. The molecule has 0 bridgehead atoms. The van der Waals surface area contributed by atoms with Crippen LogP contribution >= 0.6 is 23.1 Å². The maximum atomic E-state index is 13.6.